The van der Waals surface area contributed by atoms with Crippen LogP contribution in [0.5, 0.6) is 0 Å². The number of benzene rings is 2. The SMILES string of the molecule is CC(=O)OCC1C[C@H]2C[C@@H]1C(C)C2C.CC1C(C)[C@H]2C[C@@H]1C[C@@H]2c1cccc2ccccc12. The zero-order valence-corrected chi connectivity index (χ0v) is 21.2. The average Bonchev–Trinajstić information content (AvgIpc) is 3.56. The Labute approximate surface area is 200 Å². The predicted octanol–water partition coefficient (Wildman–Crippen LogP) is 7.71. The molecule has 4 aliphatic rings. The standard InChI is InChI=1S/C19H22.C12H20O2/c1-12-13(2)18-10-15(12)11-19(18)17-9-5-7-14-6-3-4-8-16(14)17;1-7-8(2)12-5-10(7)4-11(12)6-14-9(3)13/h3-9,12-13,15,18-19H,10-11H2,1-2H3;7-8,10-12H,4-6H2,1-3H3/t12?,13?,15-,18-,19-;7?,8?,10-,11?,12+/m10/s1. The summed E-state index contributed by atoms with van der Waals surface area (Å²) in [6, 6.07) is 15.8. The lowest BCUT2D eigenvalue weighted by molar-refractivity contribution is -0.143. The van der Waals surface area contributed by atoms with Gasteiger partial charge in [0.2, 0.25) is 0 Å². The number of carbonyl (C=O) groups is 1. The molecule has 4 saturated carbocycles. The van der Waals surface area contributed by atoms with Gasteiger partial charge >= 0.3 is 5.97 Å². The van der Waals surface area contributed by atoms with Crippen LogP contribution in [0.4, 0.5) is 0 Å². The molecule has 0 aliphatic heterocycles. The second-order valence-corrected chi connectivity index (χ2v) is 12.0. The summed E-state index contributed by atoms with van der Waals surface area (Å²) in [4.78, 5) is 10.7. The molecule has 0 aromatic heterocycles. The number of carbonyl (C=O) groups excluding carboxylic acids is 1. The van der Waals surface area contributed by atoms with Crippen LogP contribution in [0.3, 0.4) is 0 Å². The predicted molar refractivity (Wildman–Crippen MR) is 136 cm³/mol. The van der Waals surface area contributed by atoms with Crippen LogP contribution in [0.25, 0.3) is 10.8 Å². The first-order valence-electron chi connectivity index (χ1n) is 13.5. The van der Waals surface area contributed by atoms with Gasteiger partial charge in [-0.1, -0.05) is 70.2 Å². The molecule has 4 fully saturated rings. The van der Waals surface area contributed by atoms with E-state index in [1.54, 1.807) is 5.56 Å². The molecule has 33 heavy (non-hydrogen) atoms. The first-order valence-corrected chi connectivity index (χ1v) is 13.5. The van der Waals surface area contributed by atoms with Crippen molar-refractivity contribution in [2.75, 3.05) is 6.61 Å². The van der Waals surface area contributed by atoms with Crippen LogP contribution in [-0.2, 0) is 9.53 Å². The van der Waals surface area contributed by atoms with E-state index in [0.29, 0.717) is 12.5 Å². The van der Waals surface area contributed by atoms with Gasteiger partial charge in [0.1, 0.15) is 0 Å². The van der Waals surface area contributed by atoms with Gasteiger partial charge in [-0.15, -0.1) is 0 Å². The van der Waals surface area contributed by atoms with E-state index in [1.807, 2.05) is 0 Å². The van der Waals surface area contributed by atoms with E-state index in [0.717, 1.165) is 53.3 Å². The zero-order valence-electron chi connectivity index (χ0n) is 21.2. The Morgan fingerprint density at radius 1 is 0.788 bits per heavy atom. The van der Waals surface area contributed by atoms with Crippen molar-refractivity contribution < 1.29 is 9.53 Å². The minimum Gasteiger partial charge on any atom is -0.466 e. The molecule has 5 unspecified atom stereocenters. The van der Waals surface area contributed by atoms with Crippen LogP contribution >= 0.6 is 0 Å². The van der Waals surface area contributed by atoms with Gasteiger partial charge in [-0.3, -0.25) is 4.79 Å². The molecule has 2 aromatic carbocycles. The third-order valence-electron chi connectivity index (χ3n) is 10.7. The van der Waals surface area contributed by atoms with Gasteiger partial charge in [-0.05, 0) is 101 Å². The van der Waals surface area contributed by atoms with Crippen LogP contribution in [0, 0.1) is 53.3 Å². The third kappa shape index (κ3) is 4.13. The Morgan fingerprint density at radius 2 is 1.42 bits per heavy atom. The molecular formula is C31H42O2. The van der Waals surface area contributed by atoms with Gasteiger partial charge in [0.25, 0.3) is 0 Å². The summed E-state index contributed by atoms with van der Waals surface area (Å²) in [6.07, 6.45) is 5.54. The highest BCUT2D eigenvalue weighted by atomic mass is 16.5. The fourth-order valence-corrected chi connectivity index (χ4v) is 8.38. The summed E-state index contributed by atoms with van der Waals surface area (Å²) in [5.41, 5.74) is 1.62. The largest absolute Gasteiger partial charge is 0.466 e. The van der Waals surface area contributed by atoms with Crippen LogP contribution in [0.2, 0.25) is 0 Å². The average molecular weight is 447 g/mol. The molecule has 0 N–H and O–H groups in total. The smallest absolute Gasteiger partial charge is 0.302 e. The lowest BCUT2D eigenvalue weighted by Crippen LogP contribution is -2.27. The number of ether oxygens (including phenoxy) is 1. The van der Waals surface area contributed by atoms with Crippen LogP contribution in [0.15, 0.2) is 42.5 Å². The summed E-state index contributed by atoms with van der Waals surface area (Å²) in [7, 11) is 0. The molecular weight excluding hydrogens is 404 g/mol. The molecule has 10 atom stereocenters. The molecule has 0 amide bonds. The summed E-state index contributed by atoms with van der Waals surface area (Å²) in [6.45, 7) is 11.8. The van der Waals surface area contributed by atoms with Gasteiger partial charge in [0.15, 0.2) is 0 Å². The van der Waals surface area contributed by atoms with E-state index in [2.05, 4.69) is 70.2 Å². The number of hydrogen-bond acceptors (Lipinski definition) is 2. The van der Waals surface area contributed by atoms with Crippen molar-refractivity contribution in [3.05, 3.63) is 48.0 Å². The molecule has 0 radical (unpaired) electrons. The highest BCUT2D eigenvalue weighted by molar-refractivity contribution is 5.86. The number of hydrogen-bond donors (Lipinski definition) is 0. The Hall–Kier alpha value is -1.83. The molecule has 4 aliphatic carbocycles. The van der Waals surface area contributed by atoms with Crippen molar-refractivity contribution in [3.8, 4) is 0 Å². The molecule has 2 nitrogen and oxygen atoms in total. The summed E-state index contributed by atoms with van der Waals surface area (Å²) in [5, 5.41) is 2.89. The summed E-state index contributed by atoms with van der Waals surface area (Å²) in [5.74, 6) is 8.49. The van der Waals surface area contributed by atoms with E-state index in [9.17, 15) is 4.79 Å². The molecule has 0 heterocycles. The van der Waals surface area contributed by atoms with E-state index < -0.39 is 0 Å². The topological polar surface area (TPSA) is 26.3 Å². The lowest BCUT2D eigenvalue weighted by Gasteiger charge is -2.32. The fraction of sp³-hybridized carbons (Fsp3) is 0.645. The second-order valence-electron chi connectivity index (χ2n) is 12.0. The highest BCUT2D eigenvalue weighted by Crippen LogP contribution is 2.59. The van der Waals surface area contributed by atoms with Crippen molar-refractivity contribution in [1.29, 1.82) is 0 Å². The van der Waals surface area contributed by atoms with Crippen molar-refractivity contribution >= 4 is 16.7 Å². The Morgan fingerprint density at radius 3 is 2.06 bits per heavy atom. The number of rotatable bonds is 3. The monoisotopic (exact) mass is 446 g/mol. The van der Waals surface area contributed by atoms with E-state index in [1.165, 1.54) is 43.4 Å². The highest BCUT2D eigenvalue weighted by Gasteiger charge is 2.49. The van der Waals surface area contributed by atoms with Gasteiger partial charge < -0.3 is 4.74 Å². The Bertz CT molecular complexity index is 986. The van der Waals surface area contributed by atoms with Gasteiger partial charge in [-0.25, -0.2) is 0 Å². The van der Waals surface area contributed by atoms with Crippen molar-refractivity contribution in [2.24, 2.45) is 53.3 Å². The Balaban J connectivity index is 0.000000146. The first kappa shape index (κ1) is 22.9. The lowest BCUT2D eigenvalue weighted by atomic mass is 9.72. The third-order valence-corrected chi connectivity index (χ3v) is 10.7. The second kappa shape index (κ2) is 9.08. The maximum absolute atomic E-state index is 10.7. The van der Waals surface area contributed by atoms with Gasteiger partial charge in [0, 0.05) is 6.92 Å². The van der Waals surface area contributed by atoms with Crippen molar-refractivity contribution in [1.82, 2.24) is 0 Å². The van der Waals surface area contributed by atoms with E-state index in [-0.39, 0.29) is 5.97 Å². The van der Waals surface area contributed by atoms with Crippen molar-refractivity contribution in [2.45, 2.75) is 66.2 Å². The van der Waals surface area contributed by atoms with E-state index >= 15 is 0 Å². The summed E-state index contributed by atoms with van der Waals surface area (Å²) >= 11 is 0. The fourth-order valence-electron chi connectivity index (χ4n) is 8.38. The number of esters is 1. The summed E-state index contributed by atoms with van der Waals surface area (Å²) < 4.78 is 5.12. The van der Waals surface area contributed by atoms with Crippen LogP contribution < -0.4 is 0 Å². The molecule has 178 valence electrons. The van der Waals surface area contributed by atoms with Gasteiger partial charge in [-0.2, -0.15) is 0 Å². The molecule has 2 aromatic rings. The molecule has 2 heteroatoms. The maximum Gasteiger partial charge on any atom is 0.302 e. The van der Waals surface area contributed by atoms with Gasteiger partial charge in [0.05, 0.1) is 6.61 Å². The maximum atomic E-state index is 10.7. The number of fused-ring (bicyclic) bond motifs is 5. The zero-order chi connectivity index (χ0) is 23.3. The minimum absolute atomic E-state index is 0.131. The van der Waals surface area contributed by atoms with E-state index in [4.69, 9.17) is 4.74 Å². The molecule has 0 spiro atoms. The quantitative estimate of drug-likeness (QED) is 0.451. The van der Waals surface area contributed by atoms with Crippen molar-refractivity contribution in [3.63, 3.8) is 0 Å². The van der Waals surface area contributed by atoms with Crippen LogP contribution in [-0.4, -0.2) is 12.6 Å². The normalized spacial score (nSPS) is 40.6. The molecule has 6 rings (SSSR count). The minimum atomic E-state index is -0.131. The Kier molecular flexibility index (Phi) is 6.31. The first-order chi connectivity index (χ1) is 15.8. The molecule has 4 bridgehead atoms. The molecule has 0 saturated heterocycles. The van der Waals surface area contributed by atoms with Crippen LogP contribution in [0.1, 0.15) is 71.8 Å².